The normalized spacial score (nSPS) is 23.5. The van der Waals surface area contributed by atoms with Crippen molar-refractivity contribution in [1.29, 1.82) is 0 Å². The number of piperidine rings is 1. The van der Waals surface area contributed by atoms with E-state index in [1.807, 2.05) is 30.0 Å². The highest BCUT2D eigenvalue weighted by atomic mass is 16.2. The van der Waals surface area contributed by atoms with Crippen molar-refractivity contribution in [3.8, 4) is 0 Å². The van der Waals surface area contributed by atoms with E-state index >= 15 is 0 Å². The number of benzene rings is 1. The van der Waals surface area contributed by atoms with Crippen LogP contribution in [-0.4, -0.2) is 47.9 Å². The summed E-state index contributed by atoms with van der Waals surface area (Å²) in [4.78, 5) is 17.2. The number of nitrogens with zero attached hydrogens (tertiary/aromatic N) is 2. The summed E-state index contributed by atoms with van der Waals surface area (Å²) in [7, 11) is 0. The third-order valence-electron chi connectivity index (χ3n) is 4.91. The van der Waals surface area contributed by atoms with E-state index in [0.717, 1.165) is 25.1 Å². The first-order valence-electron chi connectivity index (χ1n) is 8.05. The van der Waals surface area contributed by atoms with Crippen LogP contribution in [0.3, 0.4) is 0 Å². The summed E-state index contributed by atoms with van der Waals surface area (Å²) in [6, 6.07) is 6.25. The molecule has 1 atom stereocenters. The molecule has 4 nitrogen and oxygen atoms in total. The molecule has 4 heteroatoms. The van der Waals surface area contributed by atoms with Gasteiger partial charge in [0.05, 0.1) is 5.56 Å². The molecule has 1 amide bonds. The molecule has 0 spiro atoms. The Morgan fingerprint density at radius 1 is 1.19 bits per heavy atom. The van der Waals surface area contributed by atoms with Crippen molar-refractivity contribution in [2.75, 3.05) is 31.9 Å². The Bertz CT molecular complexity index is 523. The van der Waals surface area contributed by atoms with Gasteiger partial charge in [0.25, 0.3) is 5.91 Å². The molecule has 1 aromatic carbocycles. The zero-order valence-corrected chi connectivity index (χ0v) is 12.8. The van der Waals surface area contributed by atoms with Crippen LogP contribution in [0.1, 0.15) is 41.6 Å². The van der Waals surface area contributed by atoms with E-state index < -0.39 is 0 Å². The summed E-state index contributed by atoms with van der Waals surface area (Å²) in [5.41, 5.74) is 8.34. The molecule has 0 bridgehead atoms. The molecule has 0 radical (unpaired) electrons. The maximum absolute atomic E-state index is 12.7. The molecule has 21 heavy (non-hydrogen) atoms. The molecule has 2 aliphatic heterocycles. The summed E-state index contributed by atoms with van der Waals surface area (Å²) in [5.74, 6) is 0.0932. The van der Waals surface area contributed by atoms with Gasteiger partial charge in [-0.1, -0.05) is 18.6 Å². The second kappa shape index (κ2) is 6.06. The SMILES string of the molecule is Cc1cccc(C(=O)N2CCC(N3CCCCC3)C2)c1N. The fraction of sp³-hybridized carbons (Fsp3) is 0.588. The summed E-state index contributed by atoms with van der Waals surface area (Å²) in [5, 5.41) is 0. The van der Waals surface area contributed by atoms with Crippen molar-refractivity contribution < 1.29 is 4.79 Å². The largest absolute Gasteiger partial charge is 0.398 e. The van der Waals surface area contributed by atoms with Gasteiger partial charge < -0.3 is 10.6 Å². The molecule has 0 aromatic heterocycles. The topological polar surface area (TPSA) is 49.6 Å². The Kier molecular flexibility index (Phi) is 4.15. The standard InChI is InChI=1S/C17H25N3O/c1-13-6-5-7-15(16(13)18)17(21)20-11-8-14(12-20)19-9-3-2-4-10-19/h5-7,14H,2-4,8-12,18H2,1H3. The average molecular weight is 287 g/mol. The lowest BCUT2D eigenvalue weighted by Gasteiger charge is -2.32. The van der Waals surface area contributed by atoms with Crippen LogP contribution in [0, 0.1) is 6.92 Å². The fourth-order valence-electron chi connectivity index (χ4n) is 3.55. The van der Waals surface area contributed by atoms with Gasteiger partial charge in [-0.25, -0.2) is 0 Å². The number of hydrogen-bond donors (Lipinski definition) is 1. The van der Waals surface area contributed by atoms with Gasteiger partial charge in [-0.15, -0.1) is 0 Å². The molecule has 2 fully saturated rings. The number of carbonyl (C=O) groups is 1. The number of nitrogen functional groups attached to an aromatic ring is 1. The summed E-state index contributed by atoms with van der Waals surface area (Å²) >= 11 is 0. The first-order chi connectivity index (χ1) is 10.2. The molecule has 2 N–H and O–H groups in total. The number of carbonyl (C=O) groups excluding carboxylic acids is 1. The molecular formula is C17H25N3O. The molecule has 114 valence electrons. The molecule has 1 aromatic rings. The quantitative estimate of drug-likeness (QED) is 0.849. The van der Waals surface area contributed by atoms with Crippen LogP contribution in [0.15, 0.2) is 18.2 Å². The lowest BCUT2D eigenvalue weighted by Crippen LogP contribution is -2.41. The van der Waals surface area contributed by atoms with E-state index in [-0.39, 0.29) is 5.91 Å². The smallest absolute Gasteiger partial charge is 0.256 e. The number of para-hydroxylation sites is 1. The van der Waals surface area contributed by atoms with Gasteiger partial charge in [-0.2, -0.15) is 0 Å². The molecule has 0 saturated carbocycles. The minimum absolute atomic E-state index is 0.0932. The van der Waals surface area contributed by atoms with Gasteiger partial charge >= 0.3 is 0 Å². The number of rotatable bonds is 2. The third kappa shape index (κ3) is 2.91. The van der Waals surface area contributed by atoms with E-state index in [4.69, 9.17) is 5.73 Å². The predicted molar refractivity (Wildman–Crippen MR) is 85.3 cm³/mol. The second-order valence-corrected chi connectivity index (χ2v) is 6.33. The first kappa shape index (κ1) is 14.4. The average Bonchev–Trinajstić information content (AvgIpc) is 3.00. The number of hydrogen-bond acceptors (Lipinski definition) is 3. The highest BCUT2D eigenvalue weighted by Gasteiger charge is 2.31. The Labute approximate surface area is 126 Å². The number of likely N-dealkylation sites (tertiary alicyclic amines) is 2. The maximum atomic E-state index is 12.7. The highest BCUT2D eigenvalue weighted by Crippen LogP contribution is 2.24. The lowest BCUT2D eigenvalue weighted by molar-refractivity contribution is 0.0772. The zero-order chi connectivity index (χ0) is 14.8. The first-order valence-corrected chi connectivity index (χ1v) is 8.05. The summed E-state index contributed by atoms with van der Waals surface area (Å²) in [6.45, 7) is 6.05. The van der Waals surface area contributed by atoms with Gasteiger partial charge in [0.1, 0.15) is 0 Å². The van der Waals surface area contributed by atoms with Crippen molar-refractivity contribution in [2.24, 2.45) is 0 Å². The van der Waals surface area contributed by atoms with E-state index in [1.54, 1.807) is 0 Å². The Hall–Kier alpha value is -1.55. The van der Waals surface area contributed by atoms with E-state index in [0.29, 0.717) is 17.3 Å². The Balaban J connectivity index is 1.68. The van der Waals surface area contributed by atoms with Crippen LogP contribution in [0.25, 0.3) is 0 Å². The molecule has 1 unspecified atom stereocenters. The number of nitrogens with two attached hydrogens (primary N) is 1. The van der Waals surface area contributed by atoms with Crippen molar-refractivity contribution in [2.45, 2.75) is 38.6 Å². The van der Waals surface area contributed by atoms with Crippen LogP contribution < -0.4 is 5.73 Å². The number of amides is 1. The molecule has 2 aliphatic rings. The van der Waals surface area contributed by atoms with Crippen LogP contribution in [0.4, 0.5) is 5.69 Å². The van der Waals surface area contributed by atoms with Crippen molar-refractivity contribution in [1.82, 2.24) is 9.80 Å². The molecular weight excluding hydrogens is 262 g/mol. The fourth-order valence-corrected chi connectivity index (χ4v) is 3.55. The van der Waals surface area contributed by atoms with Crippen LogP contribution in [-0.2, 0) is 0 Å². The van der Waals surface area contributed by atoms with E-state index in [9.17, 15) is 4.79 Å². The van der Waals surface area contributed by atoms with Crippen LogP contribution in [0.5, 0.6) is 0 Å². The van der Waals surface area contributed by atoms with Gasteiger partial charge in [0.15, 0.2) is 0 Å². The monoisotopic (exact) mass is 287 g/mol. The Morgan fingerprint density at radius 2 is 1.95 bits per heavy atom. The minimum atomic E-state index is 0.0932. The summed E-state index contributed by atoms with van der Waals surface area (Å²) < 4.78 is 0. The lowest BCUT2D eigenvalue weighted by atomic mass is 10.1. The van der Waals surface area contributed by atoms with Crippen molar-refractivity contribution in [3.05, 3.63) is 29.3 Å². The third-order valence-corrected chi connectivity index (χ3v) is 4.91. The highest BCUT2D eigenvalue weighted by molar-refractivity contribution is 5.99. The molecule has 2 heterocycles. The number of aryl methyl sites for hydroxylation is 1. The maximum Gasteiger partial charge on any atom is 0.256 e. The van der Waals surface area contributed by atoms with Crippen LogP contribution >= 0.6 is 0 Å². The van der Waals surface area contributed by atoms with Crippen LogP contribution in [0.2, 0.25) is 0 Å². The number of anilines is 1. The van der Waals surface area contributed by atoms with Crippen molar-refractivity contribution >= 4 is 11.6 Å². The van der Waals surface area contributed by atoms with E-state index in [1.165, 1.54) is 32.4 Å². The second-order valence-electron chi connectivity index (χ2n) is 6.33. The molecule has 2 saturated heterocycles. The van der Waals surface area contributed by atoms with Gasteiger partial charge in [-0.3, -0.25) is 9.69 Å². The summed E-state index contributed by atoms with van der Waals surface area (Å²) in [6.07, 6.45) is 5.05. The van der Waals surface area contributed by atoms with Gasteiger partial charge in [0.2, 0.25) is 0 Å². The van der Waals surface area contributed by atoms with E-state index in [2.05, 4.69) is 4.90 Å². The predicted octanol–water partition coefficient (Wildman–Crippen LogP) is 2.28. The van der Waals surface area contributed by atoms with Crippen molar-refractivity contribution in [3.63, 3.8) is 0 Å². The van der Waals surface area contributed by atoms with Gasteiger partial charge in [0, 0.05) is 24.8 Å². The molecule has 3 rings (SSSR count). The molecule has 0 aliphatic carbocycles. The Morgan fingerprint density at radius 3 is 2.71 bits per heavy atom. The zero-order valence-electron chi connectivity index (χ0n) is 12.8. The van der Waals surface area contributed by atoms with Gasteiger partial charge in [-0.05, 0) is 50.9 Å². The minimum Gasteiger partial charge on any atom is -0.398 e.